The molecule has 3 N–H and O–H groups in total. The molecule has 0 spiro atoms. The van der Waals surface area contributed by atoms with E-state index in [1.807, 2.05) is 85.7 Å². The number of carboxylic acids is 1. The zero-order valence-corrected chi connectivity index (χ0v) is 23.0. The number of hydrogen-bond donors (Lipinski definition) is 3. The summed E-state index contributed by atoms with van der Waals surface area (Å²) in [6.45, 7) is 0.301. The minimum atomic E-state index is -0.865. The zero-order chi connectivity index (χ0) is 27.4. The molecule has 0 saturated heterocycles. The highest BCUT2D eigenvalue weighted by Gasteiger charge is 2.28. The predicted octanol–water partition coefficient (Wildman–Crippen LogP) is 4.92. The molecule has 1 aliphatic heterocycles. The molecule has 4 rings (SSSR count). The molecular weight excluding hydrogens is 548 g/mol. The van der Waals surface area contributed by atoms with E-state index in [0.29, 0.717) is 29.9 Å². The number of carbonyl (C=O) groups excluding carboxylic acids is 2. The van der Waals surface area contributed by atoms with Crippen LogP contribution in [0, 0.1) is 0 Å². The van der Waals surface area contributed by atoms with Crippen molar-refractivity contribution >= 4 is 62.0 Å². The molecule has 1 aliphatic rings. The lowest BCUT2D eigenvalue weighted by Gasteiger charge is -2.20. The fourth-order valence-corrected chi connectivity index (χ4v) is 4.60. The molecule has 0 unspecified atom stereocenters. The Morgan fingerprint density at radius 1 is 1.00 bits per heavy atom. The molecule has 1 heterocycles. The lowest BCUT2D eigenvalue weighted by molar-refractivity contribution is -0.137. The van der Waals surface area contributed by atoms with Crippen molar-refractivity contribution in [1.29, 1.82) is 0 Å². The number of nitrogens with zero attached hydrogens (tertiary/aromatic N) is 2. The van der Waals surface area contributed by atoms with Crippen molar-refractivity contribution in [1.82, 2.24) is 4.90 Å². The second kappa shape index (κ2) is 11.6. The van der Waals surface area contributed by atoms with E-state index in [2.05, 4.69) is 26.6 Å². The maximum atomic E-state index is 13.2. The predicted molar refractivity (Wildman–Crippen MR) is 154 cm³/mol. The van der Waals surface area contributed by atoms with Crippen molar-refractivity contribution in [2.45, 2.75) is 12.8 Å². The van der Waals surface area contributed by atoms with Crippen LogP contribution in [0.15, 0.2) is 71.2 Å². The van der Waals surface area contributed by atoms with Gasteiger partial charge in [0.2, 0.25) is 5.91 Å². The molecule has 0 aliphatic carbocycles. The summed E-state index contributed by atoms with van der Waals surface area (Å²) in [5.41, 5.74) is 5.67. The van der Waals surface area contributed by atoms with Crippen LogP contribution < -0.4 is 15.5 Å². The van der Waals surface area contributed by atoms with Crippen LogP contribution in [-0.4, -0.2) is 55.5 Å². The van der Waals surface area contributed by atoms with Crippen molar-refractivity contribution < 1.29 is 19.5 Å². The van der Waals surface area contributed by atoms with Crippen LogP contribution in [0.25, 0.3) is 11.3 Å². The molecule has 9 heteroatoms. The third kappa shape index (κ3) is 6.30. The molecule has 0 bridgehead atoms. The SMILES string of the molecule is CN(C)CC(=O)N(C)c1ccc(N/C(=C2\C(=O)Nc3cc(Br)ccc32)c2cccc(CCC(=O)O)c2)cc1. The summed E-state index contributed by atoms with van der Waals surface area (Å²) in [4.78, 5) is 40.2. The maximum Gasteiger partial charge on any atom is 0.303 e. The zero-order valence-electron chi connectivity index (χ0n) is 21.4. The minimum absolute atomic E-state index is 0.0155. The minimum Gasteiger partial charge on any atom is -0.481 e. The highest BCUT2D eigenvalue weighted by atomic mass is 79.9. The van der Waals surface area contributed by atoms with Crippen molar-refractivity contribution in [2.75, 3.05) is 43.2 Å². The number of anilines is 3. The van der Waals surface area contributed by atoms with E-state index in [4.69, 9.17) is 5.11 Å². The van der Waals surface area contributed by atoms with E-state index < -0.39 is 5.97 Å². The van der Waals surface area contributed by atoms with E-state index in [1.54, 1.807) is 11.9 Å². The number of aliphatic carboxylic acids is 1. The van der Waals surface area contributed by atoms with E-state index >= 15 is 0 Å². The first-order valence-electron chi connectivity index (χ1n) is 12.1. The smallest absolute Gasteiger partial charge is 0.303 e. The van der Waals surface area contributed by atoms with Gasteiger partial charge in [-0.25, -0.2) is 0 Å². The Labute approximate surface area is 230 Å². The Bertz CT molecular complexity index is 1420. The number of likely N-dealkylation sites (N-methyl/N-ethyl adjacent to an activating group) is 2. The van der Waals surface area contributed by atoms with Gasteiger partial charge in [0, 0.05) is 34.9 Å². The van der Waals surface area contributed by atoms with Gasteiger partial charge in [-0.05, 0) is 74.1 Å². The largest absolute Gasteiger partial charge is 0.481 e. The van der Waals surface area contributed by atoms with Gasteiger partial charge in [0.15, 0.2) is 0 Å². The summed E-state index contributed by atoms with van der Waals surface area (Å²) < 4.78 is 0.853. The molecule has 0 radical (unpaired) electrons. The number of hydrogen-bond acceptors (Lipinski definition) is 5. The molecule has 0 saturated carbocycles. The fraction of sp³-hybridized carbons (Fsp3) is 0.207. The maximum absolute atomic E-state index is 13.2. The third-order valence-corrected chi connectivity index (χ3v) is 6.66. The first-order valence-corrected chi connectivity index (χ1v) is 12.9. The molecule has 0 aromatic heterocycles. The number of nitrogens with one attached hydrogen (secondary N) is 2. The number of amides is 2. The lowest BCUT2D eigenvalue weighted by Crippen LogP contribution is -2.34. The molecule has 0 atom stereocenters. The quantitative estimate of drug-likeness (QED) is 0.312. The summed E-state index contributed by atoms with van der Waals surface area (Å²) in [6, 6.07) is 20.6. The van der Waals surface area contributed by atoms with Gasteiger partial charge < -0.3 is 25.5 Å². The first-order chi connectivity index (χ1) is 18.1. The molecule has 3 aromatic rings. The van der Waals surface area contributed by atoms with Crippen LogP contribution >= 0.6 is 15.9 Å². The van der Waals surface area contributed by atoms with Gasteiger partial charge in [-0.1, -0.05) is 40.2 Å². The first kappa shape index (κ1) is 27.1. The van der Waals surface area contributed by atoms with E-state index in [1.165, 1.54) is 0 Å². The molecule has 38 heavy (non-hydrogen) atoms. The summed E-state index contributed by atoms with van der Waals surface area (Å²) in [5, 5.41) is 15.5. The Hall–Kier alpha value is -3.95. The van der Waals surface area contributed by atoms with Gasteiger partial charge >= 0.3 is 5.97 Å². The van der Waals surface area contributed by atoms with Crippen molar-refractivity contribution in [3.05, 3.63) is 87.9 Å². The number of benzene rings is 3. The van der Waals surface area contributed by atoms with Crippen LogP contribution in [0.5, 0.6) is 0 Å². The molecule has 0 fully saturated rings. The van der Waals surface area contributed by atoms with Crippen LogP contribution in [0.2, 0.25) is 0 Å². The molecule has 196 valence electrons. The Morgan fingerprint density at radius 2 is 1.74 bits per heavy atom. The number of rotatable bonds is 9. The monoisotopic (exact) mass is 576 g/mol. The topological polar surface area (TPSA) is 102 Å². The highest BCUT2D eigenvalue weighted by Crippen LogP contribution is 2.39. The van der Waals surface area contributed by atoms with Crippen LogP contribution in [0.3, 0.4) is 0 Å². The van der Waals surface area contributed by atoms with Gasteiger partial charge in [0.25, 0.3) is 5.91 Å². The number of aryl methyl sites for hydroxylation is 1. The number of carboxylic acid groups (broad SMARTS) is 1. The normalized spacial score (nSPS) is 13.7. The Kier molecular flexibility index (Phi) is 8.29. The molecule has 2 amide bonds. The highest BCUT2D eigenvalue weighted by molar-refractivity contribution is 9.10. The van der Waals surface area contributed by atoms with E-state index in [0.717, 1.165) is 32.5 Å². The van der Waals surface area contributed by atoms with Crippen molar-refractivity contribution in [3.63, 3.8) is 0 Å². The molecule has 8 nitrogen and oxygen atoms in total. The van der Waals surface area contributed by atoms with Crippen molar-refractivity contribution in [3.8, 4) is 0 Å². The van der Waals surface area contributed by atoms with Gasteiger partial charge in [0.1, 0.15) is 0 Å². The lowest BCUT2D eigenvalue weighted by atomic mass is 9.97. The number of halogens is 1. The van der Waals surface area contributed by atoms with Crippen LogP contribution in [0.1, 0.15) is 23.1 Å². The Balaban J connectivity index is 1.73. The third-order valence-electron chi connectivity index (χ3n) is 6.17. The number of carbonyl (C=O) groups is 3. The van der Waals surface area contributed by atoms with Gasteiger partial charge in [-0.2, -0.15) is 0 Å². The van der Waals surface area contributed by atoms with E-state index in [-0.39, 0.29) is 18.2 Å². The second-order valence-corrected chi connectivity index (χ2v) is 10.3. The average Bonchev–Trinajstić information content (AvgIpc) is 3.20. The van der Waals surface area contributed by atoms with Crippen molar-refractivity contribution in [2.24, 2.45) is 0 Å². The van der Waals surface area contributed by atoms with Gasteiger partial charge in [-0.3, -0.25) is 14.4 Å². The standard InChI is InChI=1S/C29H29BrN4O4/c1-33(2)17-25(35)34(3)22-11-9-21(10-12-22)31-28(19-6-4-5-18(15-19)7-14-26(36)37)27-23-13-8-20(30)16-24(23)32-29(27)38/h4-6,8-13,15-16,31H,7,14,17H2,1-3H3,(H,32,38)(H,36,37)/b28-27-. The summed E-state index contributed by atoms with van der Waals surface area (Å²) in [6.07, 6.45) is 0.394. The fourth-order valence-electron chi connectivity index (χ4n) is 4.24. The van der Waals surface area contributed by atoms with Gasteiger partial charge in [0.05, 0.1) is 23.5 Å². The van der Waals surface area contributed by atoms with Crippen LogP contribution in [0.4, 0.5) is 17.1 Å². The molecule has 3 aromatic carbocycles. The van der Waals surface area contributed by atoms with Crippen LogP contribution in [-0.2, 0) is 20.8 Å². The summed E-state index contributed by atoms with van der Waals surface area (Å²) >= 11 is 3.46. The number of fused-ring (bicyclic) bond motifs is 1. The molecular formula is C29H29BrN4O4. The Morgan fingerprint density at radius 3 is 2.42 bits per heavy atom. The summed E-state index contributed by atoms with van der Waals surface area (Å²) in [5.74, 6) is -1.12. The van der Waals surface area contributed by atoms with Gasteiger partial charge in [-0.15, -0.1) is 0 Å². The average molecular weight is 577 g/mol. The summed E-state index contributed by atoms with van der Waals surface area (Å²) in [7, 11) is 5.43. The second-order valence-electron chi connectivity index (χ2n) is 9.35. The van der Waals surface area contributed by atoms with E-state index in [9.17, 15) is 14.4 Å².